The first-order chi connectivity index (χ1) is 39.6. The molecule has 7 nitrogen and oxygen atoms in total. The Balaban J connectivity index is 0.726. The number of para-hydroxylation sites is 1. The molecule has 0 N–H and O–H groups in total. The Hall–Kier alpha value is -9.85. The van der Waals surface area contributed by atoms with E-state index >= 15 is 0 Å². The van der Waals surface area contributed by atoms with E-state index in [0.717, 1.165) is 109 Å². The molecule has 4 aliphatic carbocycles. The molecule has 4 atom stereocenters. The minimum atomic E-state index is 0.0949. The zero-order valence-electron chi connectivity index (χ0n) is 44.1. The van der Waals surface area contributed by atoms with Crippen LogP contribution < -0.4 is 0 Å². The average molecular weight is 1030 g/mol. The summed E-state index contributed by atoms with van der Waals surface area (Å²) in [6.07, 6.45) is 33.1. The number of amidine groups is 1. The fourth-order valence-corrected chi connectivity index (χ4v) is 11.6. The van der Waals surface area contributed by atoms with Gasteiger partial charge >= 0.3 is 0 Å². The summed E-state index contributed by atoms with van der Waals surface area (Å²) in [5.74, 6) is 4.09. The third kappa shape index (κ3) is 9.90. The lowest BCUT2D eigenvalue weighted by Gasteiger charge is -2.33. The normalized spacial score (nSPS) is 19.2. The van der Waals surface area contributed by atoms with Gasteiger partial charge in [-0.25, -0.2) is 29.9 Å². The number of allylic oxidation sites excluding steroid dienone is 12. The Morgan fingerprint density at radius 3 is 1.81 bits per heavy atom. The zero-order valence-corrected chi connectivity index (χ0v) is 44.1. The van der Waals surface area contributed by atoms with E-state index in [1.165, 1.54) is 16.7 Å². The summed E-state index contributed by atoms with van der Waals surface area (Å²) >= 11 is 0. The van der Waals surface area contributed by atoms with Crippen LogP contribution in [0.25, 0.3) is 89.7 Å². The number of benzene rings is 7. The average Bonchev–Trinajstić information content (AvgIpc) is 3.56. The summed E-state index contributed by atoms with van der Waals surface area (Å²) in [7, 11) is 0. The zero-order chi connectivity index (χ0) is 53.2. The molecule has 7 aromatic carbocycles. The fourth-order valence-electron chi connectivity index (χ4n) is 11.6. The van der Waals surface area contributed by atoms with Crippen molar-refractivity contribution < 1.29 is 0 Å². The Bertz CT molecular complexity index is 4190. The summed E-state index contributed by atoms with van der Waals surface area (Å²) in [6.45, 7) is 0. The molecule has 0 fully saturated rings. The molecule has 3 heterocycles. The number of hydrogen-bond acceptors (Lipinski definition) is 7. The highest BCUT2D eigenvalue weighted by Gasteiger charge is 2.34. The van der Waals surface area contributed by atoms with E-state index in [4.69, 9.17) is 34.9 Å². The van der Waals surface area contributed by atoms with E-state index < -0.39 is 0 Å². The van der Waals surface area contributed by atoms with Crippen molar-refractivity contribution in [2.45, 2.75) is 37.6 Å². The highest BCUT2D eigenvalue weighted by Crippen LogP contribution is 2.39. The van der Waals surface area contributed by atoms with E-state index in [0.29, 0.717) is 23.3 Å². The van der Waals surface area contributed by atoms with Crippen molar-refractivity contribution in [2.75, 3.05) is 0 Å². The third-order valence-corrected chi connectivity index (χ3v) is 15.8. The first kappa shape index (κ1) is 48.5. The molecular weight excluding hydrogens is 975 g/mol. The number of nitrogens with zero attached hydrogens (tertiary/aromatic N) is 7. The summed E-state index contributed by atoms with van der Waals surface area (Å²) in [5.41, 5.74) is 17.1. The number of hydrogen-bond donors (Lipinski definition) is 0. The van der Waals surface area contributed by atoms with Gasteiger partial charge in [0.25, 0.3) is 0 Å². The van der Waals surface area contributed by atoms with Crippen molar-refractivity contribution in [1.29, 1.82) is 0 Å². The molecule has 0 spiro atoms. The second kappa shape index (κ2) is 21.5. The standard InChI is InChI=1S/C73H55N7/c1-4-18-52(19-5-1)69-74-65-34-12-10-32-63(65)67(76-69)50-40-36-48(37-41-50)55-24-14-26-57(44-55)59-28-16-30-61(46-59)72-78-71(54-22-8-3-9-23-54)79-73(80-72)62-31-17-29-60(47-62)58-27-15-25-56(45-58)49-38-42-51(43-39-49)68-64-33-11-13-35-66(64)75-70(77-68)53-20-6-2-7-21-53/h1,3-6,8-28,30-42,44-47,51,60,64,68H,2,7,29,43H2. The van der Waals surface area contributed by atoms with Gasteiger partial charge in [0, 0.05) is 56.5 Å². The van der Waals surface area contributed by atoms with E-state index in [2.05, 4.69) is 212 Å². The van der Waals surface area contributed by atoms with Crippen molar-refractivity contribution in [3.05, 3.63) is 284 Å². The molecule has 4 unspecified atom stereocenters. The smallest absolute Gasteiger partial charge is 0.164 e. The predicted molar refractivity (Wildman–Crippen MR) is 329 cm³/mol. The maximum atomic E-state index is 5.33. The second-order valence-electron chi connectivity index (χ2n) is 21.0. The minimum absolute atomic E-state index is 0.0949. The van der Waals surface area contributed by atoms with Crippen LogP contribution in [0.4, 0.5) is 0 Å². The van der Waals surface area contributed by atoms with Crippen LogP contribution in [-0.4, -0.2) is 42.5 Å². The molecular formula is C73H55N7. The molecule has 0 amide bonds. The Morgan fingerprint density at radius 2 is 1.05 bits per heavy atom. The van der Waals surface area contributed by atoms with Gasteiger partial charge in [-0.15, -0.1) is 0 Å². The molecule has 0 saturated carbocycles. The van der Waals surface area contributed by atoms with Crippen LogP contribution in [0, 0.1) is 11.8 Å². The molecule has 382 valence electrons. The van der Waals surface area contributed by atoms with Crippen LogP contribution in [-0.2, 0) is 0 Å². The largest absolute Gasteiger partial charge is 0.261 e. The van der Waals surface area contributed by atoms with Gasteiger partial charge in [-0.3, -0.25) is 4.99 Å². The minimum Gasteiger partial charge on any atom is -0.261 e. The van der Waals surface area contributed by atoms with Gasteiger partial charge in [0.15, 0.2) is 29.1 Å². The summed E-state index contributed by atoms with van der Waals surface area (Å²) in [6, 6.07) is 63.7. The van der Waals surface area contributed by atoms with Crippen molar-refractivity contribution in [3.63, 3.8) is 0 Å². The first-order valence-electron chi connectivity index (χ1n) is 27.8. The van der Waals surface area contributed by atoms with E-state index in [1.54, 1.807) is 0 Å². The predicted octanol–water partition coefficient (Wildman–Crippen LogP) is 17.1. The van der Waals surface area contributed by atoms with E-state index in [9.17, 15) is 0 Å². The maximum absolute atomic E-state index is 5.33. The van der Waals surface area contributed by atoms with Crippen molar-refractivity contribution in [1.82, 2.24) is 24.9 Å². The maximum Gasteiger partial charge on any atom is 0.164 e. The Kier molecular flexibility index (Phi) is 13.1. The lowest BCUT2D eigenvalue weighted by atomic mass is 9.78. The Labute approximate surface area is 466 Å². The molecule has 9 aromatic rings. The third-order valence-electron chi connectivity index (χ3n) is 15.8. The van der Waals surface area contributed by atoms with E-state index in [1.807, 2.05) is 48.5 Å². The van der Waals surface area contributed by atoms with Gasteiger partial charge in [-0.1, -0.05) is 237 Å². The Morgan fingerprint density at radius 1 is 0.400 bits per heavy atom. The lowest BCUT2D eigenvalue weighted by Crippen LogP contribution is -2.36. The number of rotatable bonds is 11. The van der Waals surface area contributed by atoms with Gasteiger partial charge in [0.1, 0.15) is 0 Å². The summed E-state index contributed by atoms with van der Waals surface area (Å²) in [5, 5.41) is 1.02. The first-order valence-corrected chi connectivity index (χ1v) is 27.8. The summed E-state index contributed by atoms with van der Waals surface area (Å²) in [4.78, 5) is 35.9. The molecule has 7 heteroatoms. The van der Waals surface area contributed by atoms with Crippen LogP contribution in [0.15, 0.2) is 277 Å². The van der Waals surface area contributed by atoms with Crippen molar-refractivity contribution >= 4 is 33.6 Å². The quantitative estimate of drug-likeness (QED) is 0.129. The number of fused-ring (bicyclic) bond motifs is 2. The van der Waals surface area contributed by atoms with Gasteiger partial charge in [0.2, 0.25) is 0 Å². The van der Waals surface area contributed by atoms with Crippen LogP contribution in [0.2, 0.25) is 0 Å². The van der Waals surface area contributed by atoms with Gasteiger partial charge in [0.05, 0.1) is 23.0 Å². The van der Waals surface area contributed by atoms with Crippen LogP contribution in [0.5, 0.6) is 0 Å². The topological polar surface area (TPSA) is 89.2 Å². The monoisotopic (exact) mass is 1030 g/mol. The van der Waals surface area contributed by atoms with Gasteiger partial charge < -0.3 is 0 Å². The lowest BCUT2D eigenvalue weighted by molar-refractivity contribution is 0.462. The molecule has 0 saturated heterocycles. The second-order valence-corrected chi connectivity index (χ2v) is 21.0. The summed E-state index contributed by atoms with van der Waals surface area (Å²) < 4.78 is 0. The molecule has 5 aliphatic rings. The highest BCUT2D eigenvalue weighted by atomic mass is 15.0. The molecule has 14 rings (SSSR count). The SMILES string of the molecule is C1=CC2=NC(C3=CCCC=C3)=NC(C3C=CC(c4cccc(C5C=C(c6nc(-c7ccccc7)nc(-c7cccc(-c8cccc(-c9ccc(-c%10nc(-c%11ccccc%11)nc%11ccccc%10%11)cc9)c8)c7)n6)C=CC5)c4)=CC3)C2C=C1. The molecule has 2 aromatic heterocycles. The van der Waals surface area contributed by atoms with Crippen LogP contribution >= 0.6 is 0 Å². The molecule has 0 radical (unpaired) electrons. The number of aliphatic imine (C=N–C) groups is 2. The van der Waals surface area contributed by atoms with Gasteiger partial charge in [-0.2, -0.15) is 0 Å². The van der Waals surface area contributed by atoms with Gasteiger partial charge in [-0.05, 0) is 88.9 Å². The van der Waals surface area contributed by atoms with Crippen LogP contribution in [0.3, 0.4) is 0 Å². The fraction of sp³-hybridized carbons (Fsp3) is 0.110. The molecule has 80 heavy (non-hydrogen) atoms. The number of aromatic nitrogens is 5. The van der Waals surface area contributed by atoms with Crippen LogP contribution in [0.1, 0.15) is 48.6 Å². The molecule has 1 aliphatic heterocycles. The van der Waals surface area contributed by atoms with Crippen molar-refractivity contribution in [3.8, 4) is 67.7 Å². The van der Waals surface area contributed by atoms with E-state index in [-0.39, 0.29) is 23.8 Å². The molecule has 0 bridgehead atoms. The highest BCUT2D eigenvalue weighted by molar-refractivity contribution is 6.14. The van der Waals surface area contributed by atoms with Crippen molar-refractivity contribution in [2.24, 2.45) is 21.8 Å².